The number of carbonyl (C=O) groups is 1. The van der Waals surface area contributed by atoms with E-state index in [0.29, 0.717) is 18.3 Å². The third-order valence-corrected chi connectivity index (χ3v) is 5.16. The Labute approximate surface area is 155 Å². The minimum Gasteiger partial charge on any atom is -0.459 e. The fourth-order valence-electron chi connectivity index (χ4n) is 3.42. The second-order valence-corrected chi connectivity index (χ2v) is 7.23. The van der Waals surface area contributed by atoms with Crippen molar-refractivity contribution in [1.82, 2.24) is 20.9 Å². The Balaban J connectivity index is 1.28. The number of aliphatic imine (C=N–C) groups is 1. The van der Waals surface area contributed by atoms with E-state index in [1.807, 2.05) is 6.92 Å². The molecule has 7 heteroatoms. The number of hydrogen-bond acceptors (Lipinski definition) is 4. The van der Waals surface area contributed by atoms with Gasteiger partial charge in [0.25, 0.3) is 5.91 Å². The maximum absolute atomic E-state index is 12.0. The molecule has 0 unspecified atom stereocenters. The number of aryl methyl sites for hydroxylation is 1. The molecule has 1 amide bonds. The molecule has 0 atom stereocenters. The van der Waals surface area contributed by atoms with Crippen LogP contribution in [0.4, 0.5) is 0 Å². The Morgan fingerprint density at radius 2 is 1.96 bits per heavy atom. The number of likely N-dealkylation sites (tertiary alicyclic amines) is 1. The summed E-state index contributed by atoms with van der Waals surface area (Å²) in [5.74, 6) is 1.09. The largest absolute Gasteiger partial charge is 0.459 e. The standard InChI is InChI=1S/C19H31N5O2/c1-14-8-13-26-17(14)18(25)21-9-3-10-22-19(20-2)23-15-6-11-24(12-7-15)16-4-5-16/h8,13,15-16H,3-7,9-12H2,1-2H3,(H,21,25)(H2,20,22,23). The van der Waals surface area contributed by atoms with E-state index in [2.05, 4.69) is 25.8 Å². The van der Waals surface area contributed by atoms with Crippen LogP contribution in [0.2, 0.25) is 0 Å². The molecule has 1 saturated heterocycles. The van der Waals surface area contributed by atoms with Crippen molar-refractivity contribution in [3.8, 4) is 0 Å². The van der Waals surface area contributed by atoms with Gasteiger partial charge >= 0.3 is 0 Å². The highest BCUT2D eigenvalue weighted by atomic mass is 16.3. The summed E-state index contributed by atoms with van der Waals surface area (Å²) in [6.07, 6.45) is 7.49. The number of hydrogen-bond donors (Lipinski definition) is 3. The van der Waals surface area contributed by atoms with E-state index in [0.717, 1.165) is 30.5 Å². The van der Waals surface area contributed by atoms with Crippen molar-refractivity contribution < 1.29 is 9.21 Å². The van der Waals surface area contributed by atoms with E-state index in [4.69, 9.17) is 4.42 Å². The summed E-state index contributed by atoms with van der Waals surface area (Å²) in [6, 6.07) is 3.16. The van der Waals surface area contributed by atoms with E-state index >= 15 is 0 Å². The van der Waals surface area contributed by atoms with Crippen molar-refractivity contribution in [3.63, 3.8) is 0 Å². The number of furan rings is 1. The number of piperidine rings is 1. The van der Waals surface area contributed by atoms with Crippen molar-refractivity contribution in [2.45, 2.75) is 51.1 Å². The van der Waals surface area contributed by atoms with Crippen LogP contribution in [0, 0.1) is 6.92 Å². The van der Waals surface area contributed by atoms with Crippen LogP contribution < -0.4 is 16.0 Å². The van der Waals surface area contributed by atoms with Crippen LogP contribution in [0.3, 0.4) is 0 Å². The zero-order valence-corrected chi connectivity index (χ0v) is 15.9. The molecule has 1 aromatic heterocycles. The third-order valence-electron chi connectivity index (χ3n) is 5.16. The molecule has 0 bridgehead atoms. The van der Waals surface area contributed by atoms with Crippen LogP contribution in [-0.2, 0) is 0 Å². The lowest BCUT2D eigenvalue weighted by Gasteiger charge is -2.33. The molecule has 1 aliphatic carbocycles. The fourth-order valence-corrected chi connectivity index (χ4v) is 3.42. The molecule has 0 spiro atoms. The molecule has 2 aliphatic rings. The summed E-state index contributed by atoms with van der Waals surface area (Å²) >= 11 is 0. The highest BCUT2D eigenvalue weighted by molar-refractivity contribution is 5.92. The van der Waals surface area contributed by atoms with Gasteiger partial charge in [-0.1, -0.05) is 0 Å². The van der Waals surface area contributed by atoms with Gasteiger partial charge in [0.1, 0.15) is 0 Å². The van der Waals surface area contributed by atoms with Gasteiger partial charge in [0.2, 0.25) is 0 Å². The van der Waals surface area contributed by atoms with E-state index < -0.39 is 0 Å². The van der Waals surface area contributed by atoms with Gasteiger partial charge in [0, 0.05) is 50.9 Å². The molecule has 144 valence electrons. The van der Waals surface area contributed by atoms with E-state index in [9.17, 15) is 4.79 Å². The predicted molar refractivity (Wildman–Crippen MR) is 103 cm³/mol. The lowest BCUT2D eigenvalue weighted by molar-refractivity contribution is 0.0925. The third kappa shape index (κ3) is 5.24. The Morgan fingerprint density at radius 1 is 1.23 bits per heavy atom. The molecule has 1 saturated carbocycles. The minimum atomic E-state index is -0.155. The van der Waals surface area contributed by atoms with E-state index in [-0.39, 0.29) is 5.91 Å². The maximum Gasteiger partial charge on any atom is 0.287 e. The average Bonchev–Trinajstić information content (AvgIpc) is 3.41. The summed E-state index contributed by atoms with van der Waals surface area (Å²) in [5.41, 5.74) is 0.859. The minimum absolute atomic E-state index is 0.155. The van der Waals surface area contributed by atoms with Gasteiger partial charge in [-0.25, -0.2) is 0 Å². The Bertz CT molecular complexity index is 615. The van der Waals surface area contributed by atoms with Crippen molar-refractivity contribution in [3.05, 3.63) is 23.7 Å². The highest BCUT2D eigenvalue weighted by Gasteiger charge is 2.31. The summed E-state index contributed by atoms with van der Waals surface area (Å²) in [6.45, 7) is 5.61. The lowest BCUT2D eigenvalue weighted by atomic mass is 10.1. The number of rotatable bonds is 7. The molecule has 1 aromatic rings. The van der Waals surface area contributed by atoms with Gasteiger partial charge in [-0.3, -0.25) is 9.79 Å². The van der Waals surface area contributed by atoms with Gasteiger partial charge in [-0.2, -0.15) is 0 Å². The van der Waals surface area contributed by atoms with Crippen molar-refractivity contribution in [1.29, 1.82) is 0 Å². The summed E-state index contributed by atoms with van der Waals surface area (Å²) < 4.78 is 5.19. The van der Waals surface area contributed by atoms with Gasteiger partial charge in [0.15, 0.2) is 11.7 Å². The quantitative estimate of drug-likeness (QED) is 0.390. The van der Waals surface area contributed by atoms with Crippen LogP contribution in [-0.4, -0.2) is 62.1 Å². The van der Waals surface area contributed by atoms with Crippen LogP contribution in [0.1, 0.15) is 48.2 Å². The van der Waals surface area contributed by atoms with Crippen molar-refractivity contribution in [2.75, 3.05) is 33.2 Å². The second-order valence-electron chi connectivity index (χ2n) is 7.23. The molecule has 1 aliphatic heterocycles. The first-order chi connectivity index (χ1) is 12.7. The molecule has 0 aromatic carbocycles. The van der Waals surface area contributed by atoms with Crippen molar-refractivity contribution in [2.24, 2.45) is 4.99 Å². The van der Waals surface area contributed by atoms with Crippen LogP contribution in [0.15, 0.2) is 21.7 Å². The predicted octanol–water partition coefficient (Wildman–Crippen LogP) is 1.50. The SMILES string of the molecule is CN=C(NCCCNC(=O)c1occc1C)NC1CCN(C2CC2)CC1. The highest BCUT2D eigenvalue weighted by Crippen LogP contribution is 2.29. The smallest absolute Gasteiger partial charge is 0.287 e. The average molecular weight is 361 g/mol. The van der Waals surface area contributed by atoms with Gasteiger partial charge in [0.05, 0.1) is 6.26 Å². The van der Waals surface area contributed by atoms with Crippen LogP contribution in [0.5, 0.6) is 0 Å². The maximum atomic E-state index is 12.0. The molecule has 0 radical (unpaired) electrons. The Morgan fingerprint density at radius 3 is 2.58 bits per heavy atom. The first kappa shape index (κ1) is 18.8. The molecule has 2 heterocycles. The molecular weight excluding hydrogens is 330 g/mol. The second kappa shape index (κ2) is 9.07. The van der Waals surface area contributed by atoms with Gasteiger partial charge in [-0.05, 0) is 45.1 Å². The lowest BCUT2D eigenvalue weighted by Crippen LogP contribution is -2.49. The number of nitrogens with zero attached hydrogens (tertiary/aromatic N) is 2. The zero-order valence-electron chi connectivity index (χ0n) is 15.9. The summed E-state index contributed by atoms with van der Waals surface area (Å²) in [5, 5.41) is 9.74. The van der Waals surface area contributed by atoms with E-state index in [1.165, 1.54) is 45.0 Å². The van der Waals surface area contributed by atoms with Gasteiger partial charge < -0.3 is 25.3 Å². The number of amides is 1. The van der Waals surface area contributed by atoms with Gasteiger partial charge in [-0.15, -0.1) is 0 Å². The summed E-state index contributed by atoms with van der Waals surface area (Å²) in [7, 11) is 1.80. The molecule has 3 N–H and O–H groups in total. The first-order valence-electron chi connectivity index (χ1n) is 9.71. The number of guanidine groups is 1. The Kier molecular flexibility index (Phi) is 6.55. The normalized spacial score (nSPS) is 19.4. The molecule has 3 rings (SSSR count). The number of nitrogens with one attached hydrogen (secondary N) is 3. The molecule has 2 fully saturated rings. The summed E-state index contributed by atoms with van der Waals surface area (Å²) in [4.78, 5) is 18.9. The first-order valence-corrected chi connectivity index (χ1v) is 9.71. The van der Waals surface area contributed by atoms with Crippen molar-refractivity contribution >= 4 is 11.9 Å². The number of carbonyl (C=O) groups excluding carboxylic acids is 1. The fraction of sp³-hybridized carbons (Fsp3) is 0.684. The van der Waals surface area contributed by atoms with Crippen LogP contribution >= 0.6 is 0 Å². The molecule has 26 heavy (non-hydrogen) atoms. The molecular formula is C19H31N5O2. The zero-order chi connectivity index (χ0) is 18.4. The Hall–Kier alpha value is -2.02. The monoisotopic (exact) mass is 361 g/mol. The van der Waals surface area contributed by atoms with E-state index in [1.54, 1.807) is 13.1 Å². The van der Waals surface area contributed by atoms with Crippen LogP contribution in [0.25, 0.3) is 0 Å². The topological polar surface area (TPSA) is 81.9 Å². The molecule has 7 nitrogen and oxygen atoms in total.